The Kier molecular flexibility index (Phi) is 24.7. The standard InChI is InChI=1S/C34H23N9O6S3.2CH4O3S.4Li/c1-20-27(19-36)32(37-22-9-4-2-5-10-22)39-33(38-23-11-6-3-7-12-23)31(20)42-43-34-21(18-35)15-30(50-34)41-40-24-16-26-25(29(17-24)52(47,48)49)13-8-14-28(26)51(44,45)46;2*1-5(2,3)4;;;;/h2-17H,1H3,(H2,37,38,39)(H,44,45,46)(H,47,48,49);2*1H3,(H,2,3,4);;;;/q;;;4*+1/p-4. The third-order valence-electron chi connectivity index (χ3n) is 7.37. The summed E-state index contributed by atoms with van der Waals surface area (Å²) in [7, 11) is -18.0. The van der Waals surface area contributed by atoms with Crippen molar-refractivity contribution < 1.29 is 127 Å². The Bertz CT molecular complexity index is 3220. The molecular formula is C36H27Li4N9O12S5. The van der Waals surface area contributed by atoms with E-state index in [4.69, 9.17) is 25.9 Å². The van der Waals surface area contributed by atoms with Crippen molar-refractivity contribution in [2.75, 3.05) is 23.1 Å². The second-order valence-electron chi connectivity index (χ2n) is 12.2. The van der Waals surface area contributed by atoms with Crippen LogP contribution in [-0.4, -0.2) is 69.4 Å². The zero-order chi connectivity index (χ0) is 46.0. The van der Waals surface area contributed by atoms with Gasteiger partial charge in [0.15, 0.2) is 16.6 Å². The van der Waals surface area contributed by atoms with Crippen LogP contribution in [0.1, 0.15) is 16.7 Å². The number of hydrogen-bond acceptors (Lipinski definition) is 22. The minimum absolute atomic E-state index is 0. The molecule has 0 radical (unpaired) electrons. The summed E-state index contributed by atoms with van der Waals surface area (Å²) in [6.45, 7) is 1.68. The molecule has 4 aromatic carbocycles. The zero-order valence-electron chi connectivity index (χ0n) is 35.8. The number of azo groups is 2. The van der Waals surface area contributed by atoms with Gasteiger partial charge in [-0.25, -0.2) is 38.7 Å². The van der Waals surface area contributed by atoms with E-state index in [1.165, 1.54) is 12.1 Å². The first-order valence-electron chi connectivity index (χ1n) is 16.6. The van der Waals surface area contributed by atoms with Crippen LogP contribution in [0.2, 0.25) is 0 Å². The molecular weight excluding hydrogens is 939 g/mol. The van der Waals surface area contributed by atoms with E-state index in [2.05, 4.69) is 42.1 Å². The number of rotatable bonds is 10. The molecule has 2 aromatic heterocycles. The summed E-state index contributed by atoms with van der Waals surface area (Å²) in [5.74, 6) is 0.543. The van der Waals surface area contributed by atoms with E-state index < -0.39 is 50.3 Å². The van der Waals surface area contributed by atoms with Gasteiger partial charge in [-0.15, -0.1) is 20.5 Å². The molecule has 0 spiro atoms. The molecule has 0 amide bonds. The second kappa shape index (κ2) is 26.4. The largest absolute Gasteiger partial charge is 1.00 e. The van der Waals surface area contributed by atoms with Gasteiger partial charge in [0.2, 0.25) is 0 Å². The summed E-state index contributed by atoms with van der Waals surface area (Å²) in [5, 5.41) is 42.6. The Balaban J connectivity index is 0.00000273. The van der Waals surface area contributed by atoms with Gasteiger partial charge >= 0.3 is 75.4 Å². The number of para-hydroxylation sites is 2. The number of pyridine rings is 1. The fourth-order valence-corrected chi connectivity index (χ4v) is 7.16. The van der Waals surface area contributed by atoms with Gasteiger partial charge in [-0.3, -0.25) is 0 Å². The first-order chi connectivity index (χ1) is 28.9. The quantitative estimate of drug-likeness (QED) is 0.0736. The number of nitriles is 2. The van der Waals surface area contributed by atoms with E-state index in [9.17, 15) is 36.5 Å². The molecule has 0 aliphatic heterocycles. The Labute approximate surface area is 432 Å². The molecule has 30 heteroatoms. The number of fused-ring (bicyclic) bond motifs is 1. The Morgan fingerprint density at radius 1 is 0.591 bits per heavy atom. The van der Waals surface area contributed by atoms with E-state index >= 15 is 0 Å². The summed E-state index contributed by atoms with van der Waals surface area (Å²) >= 11 is 0.887. The smallest absolute Gasteiger partial charge is 0.748 e. The number of nitrogens with zero attached hydrogens (tertiary/aromatic N) is 7. The number of hydrogen-bond donors (Lipinski definition) is 2. The molecule has 0 atom stereocenters. The van der Waals surface area contributed by atoms with Crippen LogP contribution >= 0.6 is 11.3 Å². The predicted molar refractivity (Wildman–Crippen MR) is 222 cm³/mol. The Hall–Kier alpha value is -4.20. The van der Waals surface area contributed by atoms with Crippen LogP contribution in [0.4, 0.5) is 44.4 Å². The molecule has 0 fully saturated rings. The molecule has 6 rings (SSSR count). The van der Waals surface area contributed by atoms with E-state index in [1.807, 2.05) is 66.7 Å². The number of anilines is 4. The fourth-order valence-electron chi connectivity index (χ4n) is 5.01. The molecule has 0 saturated heterocycles. The van der Waals surface area contributed by atoms with E-state index in [-0.39, 0.29) is 130 Å². The summed E-state index contributed by atoms with van der Waals surface area (Å²) < 4.78 is 126. The average molecular weight is 966 g/mol. The van der Waals surface area contributed by atoms with Gasteiger partial charge in [-0.05, 0) is 55.5 Å². The maximum atomic E-state index is 12.1. The van der Waals surface area contributed by atoms with Crippen molar-refractivity contribution in [2.24, 2.45) is 20.5 Å². The van der Waals surface area contributed by atoms with Crippen LogP contribution < -0.4 is 86.1 Å². The SMILES string of the molecule is CS(=O)(=O)[O-].CS(=O)(=O)[O-].Cc1c(C#N)c(Nc2ccccc2)nc(Nc2ccccc2)c1N=Nc1sc(N=Nc2cc(S(=O)(=O)[O-])c3cccc(S(=O)(=O)[O-])c3c2)cc1C#N.[Li+].[Li+].[Li+].[Li+]. The Morgan fingerprint density at radius 2 is 1.09 bits per heavy atom. The molecule has 2 heterocycles. The number of aromatic nitrogens is 1. The van der Waals surface area contributed by atoms with Crippen molar-refractivity contribution in [3.05, 3.63) is 114 Å². The Morgan fingerprint density at radius 3 is 1.56 bits per heavy atom. The normalized spacial score (nSPS) is 11.1. The molecule has 21 nitrogen and oxygen atoms in total. The van der Waals surface area contributed by atoms with Crippen LogP contribution in [0, 0.1) is 29.6 Å². The van der Waals surface area contributed by atoms with Gasteiger partial charge < -0.3 is 28.8 Å². The average Bonchev–Trinajstić information content (AvgIpc) is 3.57. The topological polar surface area (TPSA) is 363 Å². The second-order valence-corrected chi connectivity index (χ2v) is 18.7. The van der Waals surface area contributed by atoms with Gasteiger partial charge in [0.1, 0.15) is 43.1 Å². The molecule has 0 unspecified atom stereocenters. The molecule has 6 aromatic rings. The summed E-state index contributed by atoms with van der Waals surface area (Å²) in [4.78, 5) is 3.13. The van der Waals surface area contributed by atoms with E-state index in [0.717, 1.165) is 35.6 Å². The monoisotopic (exact) mass is 965 g/mol. The van der Waals surface area contributed by atoms with Gasteiger partial charge in [0.05, 0.1) is 46.8 Å². The minimum atomic E-state index is -5.14. The zero-order valence-corrected chi connectivity index (χ0v) is 39.9. The molecule has 0 aliphatic carbocycles. The van der Waals surface area contributed by atoms with Crippen molar-refractivity contribution in [3.8, 4) is 12.1 Å². The number of nitrogens with one attached hydrogen (secondary N) is 2. The van der Waals surface area contributed by atoms with Crippen molar-refractivity contribution in [1.82, 2.24) is 4.98 Å². The molecule has 2 N–H and O–H groups in total. The van der Waals surface area contributed by atoms with Crippen molar-refractivity contribution in [2.45, 2.75) is 16.7 Å². The maximum Gasteiger partial charge on any atom is 1.00 e. The van der Waals surface area contributed by atoms with Crippen LogP contribution in [0.5, 0.6) is 0 Å². The van der Waals surface area contributed by atoms with Crippen molar-refractivity contribution in [1.29, 1.82) is 10.5 Å². The van der Waals surface area contributed by atoms with Gasteiger partial charge in [-0.2, -0.15) is 10.5 Å². The summed E-state index contributed by atoms with van der Waals surface area (Å²) in [6.07, 6.45) is 1.21. The van der Waals surface area contributed by atoms with Gasteiger partial charge in [0, 0.05) is 40.2 Å². The number of thiophene rings is 1. The summed E-state index contributed by atoms with van der Waals surface area (Å²) in [5.41, 5.74) is 2.05. The maximum absolute atomic E-state index is 12.1. The third-order valence-corrected chi connectivity index (χ3v) is 10.0. The van der Waals surface area contributed by atoms with Crippen LogP contribution in [-0.2, 0) is 40.5 Å². The van der Waals surface area contributed by atoms with Gasteiger partial charge in [0.25, 0.3) is 0 Å². The van der Waals surface area contributed by atoms with Gasteiger partial charge in [-0.1, -0.05) is 59.9 Å². The van der Waals surface area contributed by atoms with E-state index in [1.54, 1.807) is 6.92 Å². The van der Waals surface area contributed by atoms with Crippen molar-refractivity contribution in [3.63, 3.8) is 0 Å². The van der Waals surface area contributed by atoms with E-state index in [0.29, 0.717) is 29.4 Å². The van der Waals surface area contributed by atoms with Crippen molar-refractivity contribution >= 4 is 107 Å². The number of benzene rings is 4. The molecule has 322 valence electrons. The molecule has 0 bridgehead atoms. The van der Waals surface area contributed by atoms with Crippen LogP contribution in [0.15, 0.2) is 127 Å². The van der Waals surface area contributed by atoms with Crippen LogP contribution in [0.3, 0.4) is 0 Å². The molecule has 0 saturated carbocycles. The molecule has 66 heavy (non-hydrogen) atoms. The predicted octanol–water partition coefficient (Wildman–Crippen LogP) is -5.19. The first-order valence-corrected chi connectivity index (χ1v) is 23.9. The fraction of sp³-hybridized carbons (Fsp3) is 0.0833. The first kappa shape index (κ1) is 61.8. The minimum Gasteiger partial charge on any atom is -0.748 e. The van der Waals surface area contributed by atoms with Crippen LogP contribution in [0.25, 0.3) is 10.8 Å². The summed E-state index contributed by atoms with van der Waals surface area (Å²) in [6, 6.07) is 29.1. The third kappa shape index (κ3) is 19.2. The molecule has 0 aliphatic rings.